The highest BCUT2D eigenvalue weighted by Crippen LogP contribution is 2.39. The number of benzene rings is 1. The molecule has 3 heterocycles. The Morgan fingerprint density at radius 3 is 2.53 bits per heavy atom. The smallest absolute Gasteiger partial charge is 0.410 e. The molecule has 206 valence electrons. The van der Waals surface area contributed by atoms with Crippen LogP contribution < -0.4 is 0 Å². The van der Waals surface area contributed by atoms with Gasteiger partial charge in [0.05, 0.1) is 12.2 Å². The van der Waals surface area contributed by atoms with Gasteiger partial charge in [-0.1, -0.05) is 25.4 Å². The Kier molecular flexibility index (Phi) is 7.69. The lowest BCUT2D eigenvalue weighted by Gasteiger charge is -2.37. The van der Waals surface area contributed by atoms with Gasteiger partial charge < -0.3 is 9.64 Å². The molecule has 0 N–H and O–H groups in total. The highest BCUT2D eigenvalue weighted by atomic mass is 35.5. The largest absolute Gasteiger partial charge is 0.444 e. The molecule has 0 saturated carbocycles. The minimum Gasteiger partial charge on any atom is -0.444 e. The van der Waals surface area contributed by atoms with Crippen molar-refractivity contribution in [2.24, 2.45) is 5.41 Å². The molecule has 0 radical (unpaired) electrons. The zero-order valence-corrected chi connectivity index (χ0v) is 23.6. The van der Waals surface area contributed by atoms with Gasteiger partial charge in [-0.25, -0.2) is 14.3 Å². The van der Waals surface area contributed by atoms with Crippen molar-refractivity contribution < 1.29 is 19.1 Å². The first-order valence-electron chi connectivity index (χ1n) is 12.9. The summed E-state index contributed by atoms with van der Waals surface area (Å²) in [7, 11) is 0. The summed E-state index contributed by atoms with van der Waals surface area (Å²) in [6.07, 6.45) is 3.19. The molecule has 0 bridgehead atoms. The predicted molar refractivity (Wildman–Crippen MR) is 141 cm³/mol. The average molecular weight is 546 g/mol. The van der Waals surface area contributed by atoms with E-state index in [9.17, 15) is 14.4 Å². The molecule has 2 saturated heterocycles. The highest BCUT2D eigenvalue weighted by molar-refractivity contribution is 6.30. The molecule has 12 heteroatoms. The second-order valence-corrected chi connectivity index (χ2v) is 12.2. The molecule has 0 spiro atoms. The van der Waals surface area contributed by atoms with Crippen LogP contribution in [0.1, 0.15) is 66.4 Å². The van der Waals surface area contributed by atoms with Crippen LogP contribution in [0.15, 0.2) is 24.5 Å². The Balaban J connectivity index is 1.74. The molecule has 1 aromatic carbocycles. The fourth-order valence-corrected chi connectivity index (χ4v) is 5.38. The van der Waals surface area contributed by atoms with Crippen LogP contribution in [-0.4, -0.2) is 83.7 Å². The fourth-order valence-electron chi connectivity index (χ4n) is 5.19. The number of tetrazole rings is 1. The Morgan fingerprint density at radius 1 is 1.18 bits per heavy atom. The van der Waals surface area contributed by atoms with Crippen molar-refractivity contribution in [2.45, 2.75) is 85.0 Å². The quantitative estimate of drug-likeness (QED) is 0.563. The maximum absolute atomic E-state index is 14.4. The van der Waals surface area contributed by atoms with E-state index in [-0.39, 0.29) is 12.6 Å². The molecule has 2 aliphatic rings. The van der Waals surface area contributed by atoms with Gasteiger partial charge in [-0.3, -0.25) is 14.6 Å². The number of likely N-dealkylation sites (tertiary alicyclic amines) is 2. The molecular weight excluding hydrogens is 510 g/mol. The van der Waals surface area contributed by atoms with Crippen LogP contribution in [-0.2, 0) is 16.1 Å². The summed E-state index contributed by atoms with van der Waals surface area (Å²) in [5, 5.41) is 11.8. The number of carbonyl (C=O) groups excluding carboxylic acids is 3. The van der Waals surface area contributed by atoms with Gasteiger partial charge in [-0.2, -0.15) is 0 Å². The number of nitrogens with zero attached hydrogens (tertiary/aromatic N) is 7. The van der Waals surface area contributed by atoms with Crippen molar-refractivity contribution in [2.75, 3.05) is 13.1 Å². The number of ether oxygens (including phenoxy) is 1. The van der Waals surface area contributed by atoms with E-state index in [0.717, 1.165) is 12.8 Å². The van der Waals surface area contributed by atoms with Crippen molar-refractivity contribution in [1.29, 1.82) is 0 Å². The number of hydrogen-bond donors (Lipinski definition) is 0. The first-order valence-corrected chi connectivity index (χ1v) is 13.3. The van der Waals surface area contributed by atoms with Crippen molar-refractivity contribution in [1.82, 2.24) is 34.9 Å². The lowest BCUT2D eigenvalue weighted by molar-refractivity contribution is -0.136. The summed E-state index contributed by atoms with van der Waals surface area (Å²) in [5.74, 6) is -0.454. The predicted octanol–water partition coefficient (Wildman–Crippen LogP) is 4.28. The highest BCUT2D eigenvalue weighted by Gasteiger charge is 2.51. The fraction of sp³-hybridized carbons (Fsp3) is 0.615. The van der Waals surface area contributed by atoms with E-state index in [1.807, 2.05) is 20.8 Å². The number of amides is 4. The zero-order valence-electron chi connectivity index (χ0n) is 22.8. The van der Waals surface area contributed by atoms with Crippen molar-refractivity contribution in [3.63, 3.8) is 0 Å². The second kappa shape index (κ2) is 10.5. The van der Waals surface area contributed by atoms with Crippen molar-refractivity contribution in [3.8, 4) is 5.69 Å². The van der Waals surface area contributed by atoms with Crippen LogP contribution in [0.2, 0.25) is 5.02 Å². The number of rotatable bonds is 4. The maximum Gasteiger partial charge on any atom is 0.410 e. The molecule has 11 nitrogen and oxygen atoms in total. The molecule has 2 atom stereocenters. The van der Waals surface area contributed by atoms with Gasteiger partial charge >= 0.3 is 12.1 Å². The number of hydrogen-bond acceptors (Lipinski definition) is 7. The number of carbonyl (C=O) groups is 3. The summed E-state index contributed by atoms with van der Waals surface area (Å²) in [6.45, 7) is 12.1. The van der Waals surface area contributed by atoms with Crippen LogP contribution in [0, 0.1) is 5.41 Å². The zero-order chi connectivity index (χ0) is 27.8. The summed E-state index contributed by atoms with van der Waals surface area (Å²) >= 11 is 6.34. The first-order chi connectivity index (χ1) is 17.8. The van der Waals surface area contributed by atoms with Gasteiger partial charge in [-0.15, -0.1) is 5.10 Å². The summed E-state index contributed by atoms with van der Waals surface area (Å²) in [5.41, 5.74) is -0.109. The lowest BCUT2D eigenvalue weighted by atomic mass is 9.84. The average Bonchev–Trinajstić information content (AvgIpc) is 3.56. The Labute approximate surface area is 228 Å². The summed E-state index contributed by atoms with van der Waals surface area (Å²) in [4.78, 5) is 46.0. The number of halogens is 1. The molecule has 0 unspecified atom stereocenters. The minimum atomic E-state index is -0.880. The van der Waals surface area contributed by atoms with Crippen LogP contribution in [0.4, 0.5) is 9.59 Å². The molecular formula is C26H36ClN7O4. The van der Waals surface area contributed by atoms with Gasteiger partial charge in [-0.05, 0) is 86.6 Å². The second-order valence-electron chi connectivity index (χ2n) is 11.7. The standard InChI is InChI=1S/C26H36ClN7O4/c1-17-8-7-12-31(17)23(36)33(15-18-14-19(27)9-10-20(18)34-16-28-29-30-34)22(35)21-26(5,6)11-13-32(21)24(37)38-25(2,3)4/h9-10,14,16-17,21H,7-8,11-13,15H2,1-6H3/t17-,21-/m1/s1. The van der Waals surface area contributed by atoms with Gasteiger partial charge in [0.15, 0.2) is 0 Å². The maximum atomic E-state index is 14.4. The Hall–Kier alpha value is -3.21. The third-order valence-electron chi connectivity index (χ3n) is 7.17. The molecule has 4 rings (SSSR count). The number of aromatic nitrogens is 4. The molecule has 2 aliphatic heterocycles. The van der Waals surface area contributed by atoms with Crippen LogP contribution >= 0.6 is 11.6 Å². The lowest BCUT2D eigenvalue weighted by Crippen LogP contribution is -2.57. The van der Waals surface area contributed by atoms with Gasteiger partial charge in [0.2, 0.25) is 0 Å². The first kappa shape index (κ1) is 27.8. The van der Waals surface area contributed by atoms with Crippen LogP contribution in [0.5, 0.6) is 0 Å². The number of imide groups is 1. The van der Waals surface area contributed by atoms with Gasteiger partial charge in [0.25, 0.3) is 5.91 Å². The van der Waals surface area contributed by atoms with E-state index in [1.54, 1.807) is 43.9 Å². The third-order valence-corrected chi connectivity index (χ3v) is 7.41. The van der Waals surface area contributed by atoms with E-state index >= 15 is 0 Å². The van der Waals surface area contributed by atoms with Gasteiger partial charge in [0.1, 0.15) is 18.0 Å². The van der Waals surface area contributed by atoms with Crippen molar-refractivity contribution >= 4 is 29.6 Å². The molecule has 4 amide bonds. The van der Waals surface area contributed by atoms with Crippen LogP contribution in [0.25, 0.3) is 5.69 Å². The topological polar surface area (TPSA) is 114 Å². The van der Waals surface area contributed by atoms with E-state index in [2.05, 4.69) is 15.5 Å². The molecule has 0 aliphatic carbocycles. The van der Waals surface area contributed by atoms with E-state index < -0.39 is 35.1 Å². The normalized spacial score (nSPS) is 21.0. The van der Waals surface area contributed by atoms with Gasteiger partial charge in [0, 0.05) is 24.2 Å². The SMILES string of the molecule is C[C@@H]1CCCN1C(=O)N(Cc1cc(Cl)ccc1-n1cnnn1)C(=O)[C@H]1N(C(=O)OC(C)(C)C)CCC1(C)C. The minimum absolute atomic E-state index is 0.00491. The molecule has 2 aromatic rings. The summed E-state index contributed by atoms with van der Waals surface area (Å²) < 4.78 is 7.09. The number of urea groups is 1. The van der Waals surface area contributed by atoms with E-state index in [1.165, 1.54) is 20.8 Å². The van der Waals surface area contributed by atoms with Crippen LogP contribution in [0.3, 0.4) is 0 Å². The molecule has 2 fully saturated rings. The third kappa shape index (κ3) is 5.77. The molecule has 1 aromatic heterocycles. The monoisotopic (exact) mass is 545 g/mol. The Morgan fingerprint density at radius 2 is 1.92 bits per heavy atom. The Bertz CT molecular complexity index is 1190. The van der Waals surface area contributed by atoms with E-state index in [4.69, 9.17) is 16.3 Å². The molecule has 38 heavy (non-hydrogen) atoms. The summed E-state index contributed by atoms with van der Waals surface area (Å²) in [6, 6.07) is 3.86. The van der Waals surface area contributed by atoms with E-state index in [0.29, 0.717) is 35.8 Å². The van der Waals surface area contributed by atoms with Crippen molar-refractivity contribution in [3.05, 3.63) is 35.1 Å².